The number of amides is 1. The van der Waals surface area contributed by atoms with Crippen LogP contribution in [0.2, 0.25) is 0 Å². The SMILES string of the molecule is N#Cc1ncc(C(=O)NCC2CC2)cc1-c1cc(F)cc(F)c1. The van der Waals surface area contributed by atoms with Gasteiger partial charge in [0, 0.05) is 24.4 Å². The van der Waals surface area contributed by atoms with Crippen LogP contribution >= 0.6 is 0 Å². The van der Waals surface area contributed by atoms with Crippen LogP contribution in [0.5, 0.6) is 0 Å². The summed E-state index contributed by atoms with van der Waals surface area (Å²) in [7, 11) is 0. The number of benzene rings is 1. The lowest BCUT2D eigenvalue weighted by Crippen LogP contribution is -2.25. The van der Waals surface area contributed by atoms with Crippen LogP contribution in [0.25, 0.3) is 11.1 Å². The lowest BCUT2D eigenvalue weighted by atomic mass is 10.0. The minimum atomic E-state index is -0.757. The molecule has 1 aromatic heterocycles. The van der Waals surface area contributed by atoms with Crippen LogP contribution in [0.15, 0.2) is 30.5 Å². The van der Waals surface area contributed by atoms with Gasteiger partial charge in [-0.05, 0) is 42.5 Å². The average Bonchev–Trinajstić information content (AvgIpc) is 3.35. The monoisotopic (exact) mass is 313 g/mol. The van der Waals surface area contributed by atoms with E-state index < -0.39 is 11.6 Å². The van der Waals surface area contributed by atoms with Crippen LogP contribution in [-0.2, 0) is 0 Å². The highest BCUT2D eigenvalue weighted by atomic mass is 19.1. The van der Waals surface area contributed by atoms with Gasteiger partial charge in [0.25, 0.3) is 5.91 Å². The molecule has 4 nitrogen and oxygen atoms in total. The van der Waals surface area contributed by atoms with Gasteiger partial charge in [-0.3, -0.25) is 4.79 Å². The number of carbonyl (C=O) groups excluding carboxylic acids is 1. The molecule has 23 heavy (non-hydrogen) atoms. The van der Waals surface area contributed by atoms with Crippen molar-refractivity contribution in [3.8, 4) is 17.2 Å². The molecule has 1 aliphatic rings. The molecule has 1 N–H and O–H groups in total. The van der Waals surface area contributed by atoms with Crippen LogP contribution in [0.3, 0.4) is 0 Å². The highest BCUT2D eigenvalue weighted by Crippen LogP contribution is 2.28. The Balaban J connectivity index is 1.95. The normalized spacial score (nSPS) is 13.4. The van der Waals surface area contributed by atoms with E-state index in [0.717, 1.165) is 31.0 Å². The molecule has 1 aromatic carbocycles. The van der Waals surface area contributed by atoms with E-state index in [0.29, 0.717) is 12.5 Å². The third-order valence-electron chi connectivity index (χ3n) is 3.68. The third-order valence-corrected chi connectivity index (χ3v) is 3.68. The van der Waals surface area contributed by atoms with Gasteiger partial charge in [0.05, 0.1) is 5.56 Å². The first-order valence-electron chi connectivity index (χ1n) is 7.21. The molecule has 0 atom stereocenters. The van der Waals surface area contributed by atoms with Gasteiger partial charge in [0.15, 0.2) is 0 Å². The van der Waals surface area contributed by atoms with E-state index in [1.54, 1.807) is 0 Å². The molecule has 0 saturated heterocycles. The van der Waals surface area contributed by atoms with Crippen LogP contribution in [0.1, 0.15) is 28.9 Å². The first kappa shape index (κ1) is 15.1. The highest BCUT2D eigenvalue weighted by Gasteiger charge is 2.22. The zero-order chi connectivity index (χ0) is 16.4. The second-order valence-corrected chi connectivity index (χ2v) is 5.54. The van der Waals surface area contributed by atoms with Crippen molar-refractivity contribution >= 4 is 5.91 Å². The Morgan fingerprint density at radius 3 is 2.57 bits per heavy atom. The number of nitrogens with zero attached hydrogens (tertiary/aromatic N) is 2. The van der Waals surface area contributed by atoms with Crippen molar-refractivity contribution in [3.05, 3.63) is 53.4 Å². The Labute approximate surface area is 131 Å². The summed E-state index contributed by atoms with van der Waals surface area (Å²) < 4.78 is 26.8. The molecule has 1 heterocycles. The molecule has 1 fully saturated rings. The maximum Gasteiger partial charge on any atom is 0.252 e. The molecule has 0 radical (unpaired) electrons. The number of rotatable bonds is 4. The second-order valence-electron chi connectivity index (χ2n) is 5.54. The van der Waals surface area contributed by atoms with Crippen molar-refractivity contribution in [2.75, 3.05) is 6.54 Å². The minimum Gasteiger partial charge on any atom is -0.352 e. The van der Waals surface area contributed by atoms with E-state index in [1.807, 2.05) is 6.07 Å². The summed E-state index contributed by atoms with van der Waals surface area (Å²) in [6, 6.07) is 6.26. The first-order valence-corrected chi connectivity index (χ1v) is 7.21. The minimum absolute atomic E-state index is 0.00810. The van der Waals surface area contributed by atoms with Crippen molar-refractivity contribution in [3.63, 3.8) is 0 Å². The molecule has 116 valence electrons. The molecule has 1 aliphatic carbocycles. The molecule has 0 bridgehead atoms. The molecule has 6 heteroatoms. The molecule has 1 saturated carbocycles. The maximum absolute atomic E-state index is 13.4. The standard InChI is InChI=1S/C17H13F2N3O/c18-13-3-11(4-14(19)6-13)15-5-12(9-21-16(15)7-20)17(23)22-8-10-1-2-10/h3-6,9-10H,1-2,8H2,(H,22,23). The summed E-state index contributed by atoms with van der Waals surface area (Å²) in [5.41, 5.74) is 0.659. The van der Waals surface area contributed by atoms with E-state index in [2.05, 4.69) is 10.3 Å². The van der Waals surface area contributed by atoms with Gasteiger partial charge < -0.3 is 5.32 Å². The maximum atomic E-state index is 13.4. The topological polar surface area (TPSA) is 65.8 Å². The van der Waals surface area contributed by atoms with Crippen molar-refractivity contribution < 1.29 is 13.6 Å². The third kappa shape index (κ3) is 3.51. The number of nitrogens with one attached hydrogen (secondary N) is 1. The van der Waals surface area contributed by atoms with Gasteiger partial charge in [-0.2, -0.15) is 5.26 Å². The fraction of sp³-hybridized carbons (Fsp3) is 0.235. The summed E-state index contributed by atoms with van der Waals surface area (Å²) in [5.74, 6) is -1.30. The van der Waals surface area contributed by atoms with Gasteiger partial charge in [0.2, 0.25) is 0 Å². The lowest BCUT2D eigenvalue weighted by molar-refractivity contribution is 0.0951. The molecule has 0 spiro atoms. The Morgan fingerprint density at radius 2 is 1.96 bits per heavy atom. The van der Waals surface area contributed by atoms with Gasteiger partial charge in [0.1, 0.15) is 23.4 Å². The summed E-state index contributed by atoms with van der Waals surface area (Å²) in [5, 5.41) is 11.9. The number of hydrogen-bond acceptors (Lipinski definition) is 3. The molecular formula is C17H13F2N3O. The Kier molecular flexibility index (Phi) is 4.02. The van der Waals surface area contributed by atoms with Gasteiger partial charge in [-0.25, -0.2) is 13.8 Å². The van der Waals surface area contributed by atoms with Crippen molar-refractivity contribution in [2.24, 2.45) is 5.92 Å². The number of pyridine rings is 1. The quantitative estimate of drug-likeness (QED) is 0.943. The van der Waals surface area contributed by atoms with E-state index in [-0.39, 0.29) is 28.3 Å². The molecule has 0 aliphatic heterocycles. The first-order chi connectivity index (χ1) is 11.1. The fourth-order valence-corrected chi connectivity index (χ4v) is 2.27. The average molecular weight is 313 g/mol. The molecule has 1 amide bonds. The number of carbonyl (C=O) groups is 1. The van der Waals surface area contributed by atoms with Crippen LogP contribution in [-0.4, -0.2) is 17.4 Å². The molecule has 3 rings (SSSR count). The number of halogens is 2. The fourth-order valence-electron chi connectivity index (χ4n) is 2.27. The van der Waals surface area contributed by atoms with Crippen LogP contribution < -0.4 is 5.32 Å². The molecule has 0 unspecified atom stereocenters. The van der Waals surface area contributed by atoms with E-state index in [4.69, 9.17) is 5.26 Å². The van der Waals surface area contributed by atoms with Crippen molar-refractivity contribution in [1.82, 2.24) is 10.3 Å². The van der Waals surface area contributed by atoms with E-state index in [9.17, 15) is 13.6 Å². The molecular weight excluding hydrogens is 300 g/mol. The predicted octanol–water partition coefficient (Wildman–Crippen LogP) is 3.04. The zero-order valence-electron chi connectivity index (χ0n) is 12.1. The van der Waals surface area contributed by atoms with Gasteiger partial charge in [-0.15, -0.1) is 0 Å². The number of hydrogen-bond donors (Lipinski definition) is 1. The number of aromatic nitrogens is 1. The molecule has 2 aromatic rings. The van der Waals surface area contributed by atoms with Gasteiger partial charge >= 0.3 is 0 Å². The Hall–Kier alpha value is -2.81. The Morgan fingerprint density at radius 1 is 1.26 bits per heavy atom. The van der Waals surface area contributed by atoms with E-state index >= 15 is 0 Å². The van der Waals surface area contributed by atoms with Gasteiger partial charge in [-0.1, -0.05) is 0 Å². The summed E-state index contributed by atoms with van der Waals surface area (Å²) in [6.07, 6.45) is 3.51. The Bertz CT molecular complexity index is 790. The predicted molar refractivity (Wildman–Crippen MR) is 79.4 cm³/mol. The van der Waals surface area contributed by atoms with Crippen LogP contribution in [0.4, 0.5) is 8.78 Å². The largest absolute Gasteiger partial charge is 0.352 e. The zero-order valence-corrected chi connectivity index (χ0v) is 12.1. The lowest BCUT2D eigenvalue weighted by Gasteiger charge is -2.08. The van der Waals surface area contributed by atoms with Crippen LogP contribution in [0, 0.1) is 28.9 Å². The summed E-state index contributed by atoms with van der Waals surface area (Å²) in [6.45, 7) is 0.600. The van der Waals surface area contributed by atoms with E-state index in [1.165, 1.54) is 12.3 Å². The van der Waals surface area contributed by atoms with Crippen molar-refractivity contribution in [1.29, 1.82) is 5.26 Å². The van der Waals surface area contributed by atoms with Crippen molar-refractivity contribution in [2.45, 2.75) is 12.8 Å². The highest BCUT2D eigenvalue weighted by molar-refractivity contribution is 5.95. The smallest absolute Gasteiger partial charge is 0.252 e. The summed E-state index contributed by atoms with van der Waals surface area (Å²) in [4.78, 5) is 16.0. The summed E-state index contributed by atoms with van der Waals surface area (Å²) >= 11 is 0. The number of nitriles is 1. The second kappa shape index (κ2) is 6.13.